The van der Waals surface area contributed by atoms with E-state index < -0.39 is 0 Å². The van der Waals surface area contributed by atoms with E-state index >= 15 is 0 Å². The van der Waals surface area contributed by atoms with Crippen LogP contribution in [0.5, 0.6) is 0 Å². The summed E-state index contributed by atoms with van der Waals surface area (Å²) in [6, 6.07) is -0.138. The maximum atomic E-state index is 13.0. The molecule has 0 aromatic heterocycles. The molecule has 5 nitrogen and oxygen atoms in total. The van der Waals surface area contributed by atoms with Crippen LogP contribution in [0.3, 0.4) is 0 Å². The summed E-state index contributed by atoms with van der Waals surface area (Å²) < 4.78 is 0. The molecule has 2 aliphatic heterocycles. The van der Waals surface area contributed by atoms with Gasteiger partial charge in [-0.1, -0.05) is 26.2 Å². The fraction of sp³-hybridized carbons (Fsp3) is 0.905. The average molecular weight is 364 g/mol. The third-order valence-corrected chi connectivity index (χ3v) is 7.02. The van der Waals surface area contributed by atoms with Gasteiger partial charge in [0, 0.05) is 12.6 Å². The van der Waals surface area contributed by atoms with Gasteiger partial charge in [0.1, 0.15) is 6.04 Å². The van der Waals surface area contributed by atoms with Gasteiger partial charge in [0.05, 0.1) is 5.41 Å². The highest BCUT2D eigenvalue weighted by atomic mass is 16.2. The molecule has 1 aliphatic carbocycles. The number of amides is 2. The van der Waals surface area contributed by atoms with Crippen LogP contribution in [0.15, 0.2) is 0 Å². The Balaban J connectivity index is 1.53. The van der Waals surface area contributed by atoms with E-state index in [1.807, 2.05) is 18.7 Å². The van der Waals surface area contributed by atoms with Crippen molar-refractivity contribution in [2.75, 3.05) is 26.2 Å². The van der Waals surface area contributed by atoms with E-state index in [2.05, 4.69) is 17.1 Å². The lowest BCUT2D eigenvalue weighted by molar-refractivity contribution is -0.185. The van der Waals surface area contributed by atoms with Crippen molar-refractivity contribution < 1.29 is 9.59 Å². The fourth-order valence-corrected chi connectivity index (χ4v) is 5.36. The molecule has 0 bridgehead atoms. The molecule has 5 heteroatoms. The smallest absolute Gasteiger partial charge is 0.243 e. The Morgan fingerprint density at radius 1 is 1.19 bits per heavy atom. The molecular formula is C21H37N3O2. The van der Waals surface area contributed by atoms with E-state index in [1.165, 1.54) is 32.4 Å². The molecule has 1 spiro atoms. The first kappa shape index (κ1) is 19.7. The number of likely N-dealkylation sites (tertiary alicyclic amines) is 2. The maximum absolute atomic E-state index is 13.0. The molecule has 2 amide bonds. The van der Waals surface area contributed by atoms with Gasteiger partial charge in [-0.25, -0.2) is 0 Å². The molecule has 26 heavy (non-hydrogen) atoms. The summed E-state index contributed by atoms with van der Waals surface area (Å²) in [4.78, 5) is 30.1. The zero-order valence-electron chi connectivity index (χ0n) is 16.9. The molecule has 3 fully saturated rings. The van der Waals surface area contributed by atoms with Crippen LogP contribution in [0.1, 0.15) is 72.1 Å². The van der Waals surface area contributed by atoms with Crippen LogP contribution in [0.2, 0.25) is 0 Å². The van der Waals surface area contributed by atoms with Gasteiger partial charge in [-0.3, -0.25) is 9.59 Å². The topological polar surface area (TPSA) is 52.7 Å². The maximum Gasteiger partial charge on any atom is 0.243 e. The summed E-state index contributed by atoms with van der Waals surface area (Å²) in [5.74, 6) is 1.04. The van der Waals surface area contributed by atoms with Crippen molar-refractivity contribution in [1.29, 1.82) is 0 Å². The van der Waals surface area contributed by atoms with E-state index in [0.717, 1.165) is 51.1 Å². The number of carbonyl (C=O) groups is 2. The zero-order chi connectivity index (χ0) is 18.7. The number of hydrogen-bond acceptors (Lipinski definition) is 3. The highest BCUT2D eigenvalue weighted by molar-refractivity contribution is 6.02. The van der Waals surface area contributed by atoms with Gasteiger partial charge in [0.2, 0.25) is 11.8 Å². The van der Waals surface area contributed by atoms with E-state index in [1.54, 1.807) is 0 Å². The zero-order valence-corrected chi connectivity index (χ0v) is 16.9. The Morgan fingerprint density at radius 3 is 2.42 bits per heavy atom. The number of carbonyl (C=O) groups excluding carboxylic acids is 2. The van der Waals surface area contributed by atoms with Crippen LogP contribution in [0.25, 0.3) is 0 Å². The lowest BCUT2D eigenvalue weighted by atomic mass is 9.61. The Kier molecular flexibility index (Phi) is 6.26. The first-order chi connectivity index (χ1) is 12.5. The van der Waals surface area contributed by atoms with Crippen molar-refractivity contribution in [1.82, 2.24) is 15.1 Å². The molecule has 1 saturated carbocycles. The van der Waals surface area contributed by atoms with E-state index in [4.69, 9.17) is 0 Å². The van der Waals surface area contributed by atoms with Crippen LogP contribution in [0, 0.1) is 11.3 Å². The number of rotatable bonds is 6. The van der Waals surface area contributed by atoms with Gasteiger partial charge in [-0.15, -0.1) is 0 Å². The minimum Gasteiger partial charge on any atom is -0.354 e. The van der Waals surface area contributed by atoms with E-state index in [0.29, 0.717) is 0 Å². The molecule has 3 rings (SSSR count). The van der Waals surface area contributed by atoms with Gasteiger partial charge >= 0.3 is 0 Å². The number of piperidine rings is 1. The number of nitrogens with one attached hydrogen (secondary N) is 1. The molecule has 2 heterocycles. The minimum atomic E-state index is -0.390. The van der Waals surface area contributed by atoms with Crippen molar-refractivity contribution in [2.24, 2.45) is 11.3 Å². The largest absolute Gasteiger partial charge is 0.354 e. The van der Waals surface area contributed by atoms with Crippen LogP contribution < -0.4 is 5.32 Å². The summed E-state index contributed by atoms with van der Waals surface area (Å²) in [7, 11) is 0. The number of β-lactam (4-membered cyclic amide) rings is 1. The van der Waals surface area contributed by atoms with Crippen LogP contribution in [-0.2, 0) is 9.59 Å². The van der Waals surface area contributed by atoms with Gasteiger partial charge in [0.15, 0.2) is 0 Å². The Hall–Kier alpha value is -1.10. The lowest BCUT2D eigenvalue weighted by Gasteiger charge is -2.58. The Morgan fingerprint density at radius 2 is 1.85 bits per heavy atom. The lowest BCUT2D eigenvalue weighted by Crippen LogP contribution is -2.75. The molecule has 0 radical (unpaired) electrons. The number of hydrogen-bond donors (Lipinski definition) is 1. The minimum absolute atomic E-state index is 0.0891. The standard InChI is InChI=1S/C21H37N3O2/c1-4-23-14-9-17(10-15-23)8-13-22-19(25)18-21(11-6-5-7-12-21)20(26)24(18)16(2)3/h16-18H,4-15H2,1-3H3,(H,22,25). The Bertz CT molecular complexity index is 505. The van der Waals surface area contributed by atoms with Crippen molar-refractivity contribution in [3.8, 4) is 0 Å². The van der Waals surface area contributed by atoms with Crippen LogP contribution in [0.4, 0.5) is 0 Å². The number of nitrogens with zero attached hydrogens (tertiary/aromatic N) is 2. The third kappa shape index (κ3) is 3.64. The molecule has 148 valence electrons. The second-order valence-corrected chi connectivity index (χ2v) is 8.88. The first-order valence-corrected chi connectivity index (χ1v) is 10.8. The fourth-order valence-electron chi connectivity index (χ4n) is 5.36. The molecule has 1 N–H and O–H groups in total. The molecule has 0 aromatic carbocycles. The quantitative estimate of drug-likeness (QED) is 0.738. The van der Waals surface area contributed by atoms with Crippen LogP contribution >= 0.6 is 0 Å². The SMILES string of the molecule is CCN1CCC(CCNC(=O)C2N(C(C)C)C(=O)C23CCCCC3)CC1. The summed E-state index contributed by atoms with van der Waals surface area (Å²) in [5, 5.41) is 3.19. The second-order valence-electron chi connectivity index (χ2n) is 8.88. The highest BCUT2D eigenvalue weighted by Gasteiger charge is 2.63. The Labute approximate surface area is 158 Å². The summed E-state index contributed by atoms with van der Waals surface area (Å²) in [5.41, 5.74) is -0.390. The molecule has 3 aliphatic rings. The molecule has 1 unspecified atom stereocenters. The third-order valence-electron chi connectivity index (χ3n) is 7.02. The first-order valence-electron chi connectivity index (χ1n) is 10.8. The van der Waals surface area contributed by atoms with Crippen molar-refractivity contribution in [3.05, 3.63) is 0 Å². The van der Waals surface area contributed by atoms with Crippen molar-refractivity contribution >= 4 is 11.8 Å². The molecule has 0 aromatic rings. The normalized spacial score (nSPS) is 27.0. The monoisotopic (exact) mass is 363 g/mol. The van der Waals surface area contributed by atoms with Gasteiger partial charge < -0.3 is 15.1 Å². The summed E-state index contributed by atoms with van der Waals surface area (Å²) in [6.07, 6.45) is 8.70. The van der Waals surface area contributed by atoms with E-state index in [-0.39, 0.29) is 29.3 Å². The second kappa shape index (κ2) is 8.28. The van der Waals surface area contributed by atoms with Gasteiger partial charge in [-0.05, 0) is 71.5 Å². The molecule has 1 atom stereocenters. The van der Waals surface area contributed by atoms with Crippen LogP contribution in [-0.4, -0.2) is 59.9 Å². The van der Waals surface area contributed by atoms with Gasteiger partial charge in [0.25, 0.3) is 0 Å². The molecular weight excluding hydrogens is 326 g/mol. The predicted molar refractivity (Wildman–Crippen MR) is 104 cm³/mol. The average Bonchev–Trinajstić information content (AvgIpc) is 2.66. The summed E-state index contributed by atoms with van der Waals surface area (Å²) in [6.45, 7) is 10.5. The van der Waals surface area contributed by atoms with Crippen molar-refractivity contribution in [2.45, 2.75) is 84.2 Å². The van der Waals surface area contributed by atoms with E-state index in [9.17, 15) is 9.59 Å². The molecule has 2 saturated heterocycles. The highest BCUT2D eigenvalue weighted by Crippen LogP contribution is 2.50. The predicted octanol–water partition coefficient (Wildman–Crippen LogP) is 2.79. The van der Waals surface area contributed by atoms with Crippen molar-refractivity contribution in [3.63, 3.8) is 0 Å². The summed E-state index contributed by atoms with van der Waals surface area (Å²) >= 11 is 0. The van der Waals surface area contributed by atoms with Gasteiger partial charge in [-0.2, -0.15) is 0 Å².